The first-order chi connectivity index (χ1) is 12.0. The van der Waals surface area contributed by atoms with Crippen molar-refractivity contribution in [2.45, 2.75) is 40.0 Å². The van der Waals surface area contributed by atoms with Crippen molar-refractivity contribution in [3.8, 4) is 5.75 Å². The van der Waals surface area contributed by atoms with Crippen LogP contribution >= 0.6 is 0 Å². The van der Waals surface area contributed by atoms with Crippen molar-refractivity contribution >= 4 is 17.6 Å². The molecule has 25 heavy (non-hydrogen) atoms. The Morgan fingerprint density at radius 3 is 2.64 bits per heavy atom. The molecule has 0 fully saturated rings. The second-order valence-corrected chi connectivity index (χ2v) is 6.71. The lowest BCUT2D eigenvalue weighted by molar-refractivity contribution is -0.135. The molecule has 0 saturated heterocycles. The van der Waals surface area contributed by atoms with E-state index in [9.17, 15) is 9.59 Å². The van der Waals surface area contributed by atoms with Crippen LogP contribution in [0.2, 0.25) is 0 Å². The fourth-order valence-corrected chi connectivity index (χ4v) is 3.19. The van der Waals surface area contributed by atoms with Crippen LogP contribution in [0.3, 0.4) is 0 Å². The van der Waals surface area contributed by atoms with E-state index < -0.39 is 0 Å². The zero-order valence-electron chi connectivity index (χ0n) is 14.9. The average Bonchev–Trinajstić information content (AvgIpc) is 2.60. The van der Waals surface area contributed by atoms with Gasteiger partial charge in [0.05, 0.1) is 0 Å². The maximum atomic E-state index is 12.3. The van der Waals surface area contributed by atoms with E-state index in [2.05, 4.69) is 5.32 Å². The summed E-state index contributed by atoms with van der Waals surface area (Å²) in [6, 6.07) is 11.8. The molecule has 3 rings (SSSR count). The first-order valence-electron chi connectivity index (χ1n) is 8.62. The van der Waals surface area contributed by atoms with Gasteiger partial charge < -0.3 is 10.1 Å². The van der Waals surface area contributed by atoms with Gasteiger partial charge in [0.25, 0.3) is 0 Å². The molecule has 4 nitrogen and oxygen atoms in total. The summed E-state index contributed by atoms with van der Waals surface area (Å²) in [4.78, 5) is 24.5. The predicted molar refractivity (Wildman–Crippen MR) is 97.8 cm³/mol. The summed E-state index contributed by atoms with van der Waals surface area (Å²) >= 11 is 0. The Bertz CT molecular complexity index is 826. The van der Waals surface area contributed by atoms with E-state index >= 15 is 0 Å². The molecule has 1 atom stereocenters. The normalized spacial score (nSPS) is 16.1. The van der Waals surface area contributed by atoms with Crippen LogP contribution in [0.5, 0.6) is 5.75 Å². The number of hydrogen-bond acceptors (Lipinski definition) is 3. The van der Waals surface area contributed by atoms with Gasteiger partial charge in [-0.15, -0.1) is 0 Å². The van der Waals surface area contributed by atoms with E-state index in [1.165, 1.54) is 0 Å². The van der Waals surface area contributed by atoms with Gasteiger partial charge in [-0.2, -0.15) is 0 Å². The number of anilines is 1. The summed E-state index contributed by atoms with van der Waals surface area (Å²) in [6.45, 7) is 5.88. The molecule has 1 N–H and O–H groups in total. The van der Waals surface area contributed by atoms with Crippen LogP contribution in [0.15, 0.2) is 36.4 Å². The molecule has 1 aliphatic rings. The fraction of sp³-hybridized carbons (Fsp3) is 0.333. The summed E-state index contributed by atoms with van der Waals surface area (Å²) in [5, 5.41) is 2.92. The van der Waals surface area contributed by atoms with E-state index in [0.717, 1.165) is 27.9 Å². The number of fused-ring (bicyclic) bond motifs is 1. The van der Waals surface area contributed by atoms with Crippen LogP contribution in [0.1, 0.15) is 35.1 Å². The zero-order valence-corrected chi connectivity index (χ0v) is 14.9. The summed E-state index contributed by atoms with van der Waals surface area (Å²) in [5.74, 6) is 0.142. The zero-order chi connectivity index (χ0) is 18.0. The number of para-hydroxylation sites is 1. The van der Waals surface area contributed by atoms with Gasteiger partial charge in [-0.3, -0.25) is 9.59 Å². The molecule has 2 aromatic carbocycles. The maximum Gasteiger partial charge on any atom is 0.311 e. The van der Waals surface area contributed by atoms with Gasteiger partial charge in [0, 0.05) is 18.0 Å². The smallest absolute Gasteiger partial charge is 0.311 e. The number of hydrogen-bond donors (Lipinski definition) is 1. The lowest BCUT2D eigenvalue weighted by Crippen LogP contribution is -2.30. The third-order valence-electron chi connectivity index (χ3n) is 4.90. The van der Waals surface area contributed by atoms with Gasteiger partial charge in [0.15, 0.2) is 0 Å². The van der Waals surface area contributed by atoms with E-state index in [0.29, 0.717) is 18.6 Å². The average molecular weight is 337 g/mol. The number of amides is 1. The van der Waals surface area contributed by atoms with Crippen molar-refractivity contribution in [2.24, 2.45) is 5.92 Å². The number of ether oxygens (including phenoxy) is 1. The molecule has 1 aliphatic heterocycles. The van der Waals surface area contributed by atoms with Crippen molar-refractivity contribution in [1.82, 2.24) is 0 Å². The van der Waals surface area contributed by atoms with E-state index in [4.69, 9.17) is 4.74 Å². The van der Waals surface area contributed by atoms with Crippen molar-refractivity contribution < 1.29 is 14.3 Å². The highest BCUT2D eigenvalue weighted by atomic mass is 16.5. The molecule has 4 heteroatoms. The van der Waals surface area contributed by atoms with Crippen LogP contribution in [0.4, 0.5) is 5.69 Å². The molecule has 0 spiro atoms. The number of aryl methyl sites for hydroxylation is 2. The van der Waals surface area contributed by atoms with Crippen LogP contribution in [-0.2, 0) is 16.0 Å². The summed E-state index contributed by atoms with van der Waals surface area (Å²) in [5.41, 5.74) is 5.01. The first kappa shape index (κ1) is 17.2. The molecular formula is C21H23NO3. The Balaban J connectivity index is 1.62. The van der Waals surface area contributed by atoms with Crippen LogP contribution < -0.4 is 10.1 Å². The quantitative estimate of drug-likeness (QED) is 0.675. The molecule has 1 amide bonds. The van der Waals surface area contributed by atoms with Crippen molar-refractivity contribution in [1.29, 1.82) is 0 Å². The van der Waals surface area contributed by atoms with E-state index in [1.54, 1.807) is 0 Å². The van der Waals surface area contributed by atoms with Gasteiger partial charge in [0.1, 0.15) is 5.75 Å². The molecular weight excluding hydrogens is 314 g/mol. The second kappa shape index (κ2) is 7.09. The number of rotatable bonds is 4. The molecule has 0 aromatic heterocycles. The summed E-state index contributed by atoms with van der Waals surface area (Å²) in [6.07, 6.45) is 1.38. The van der Waals surface area contributed by atoms with Crippen molar-refractivity contribution in [2.75, 3.05) is 5.32 Å². The Labute approximate surface area is 148 Å². The van der Waals surface area contributed by atoms with Crippen LogP contribution in [-0.4, -0.2) is 11.9 Å². The molecule has 1 unspecified atom stereocenters. The Kier molecular flexibility index (Phi) is 4.88. The summed E-state index contributed by atoms with van der Waals surface area (Å²) < 4.78 is 5.58. The number of carbonyl (C=O) groups excluding carboxylic acids is 2. The minimum absolute atomic E-state index is 0.0191. The molecule has 0 radical (unpaired) electrons. The van der Waals surface area contributed by atoms with Gasteiger partial charge >= 0.3 is 5.97 Å². The summed E-state index contributed by atoms with van der Waals surface area (Å²) in [7, 11) is 0. The highest BCUT2D eigenvalue weighted by molar-refractivity contribution is 5.95. The molecule has 130 valence electrons. The van der Waals surface area contributed by atoms with E-state index in [1.807, 2.05) is 57.2 Å². The Morgan fingerprint density at radius 2 is 1.84 bits per heavy atom. The SMILES string of the molecule is Cc1ccc(C)c(OC(=O)CCC2Cc3ccccc3NC2=O)c1C. The van der Waals surface area contributed by atoms with Gasteiger partial charge in [-0.05, 0) is 61.9 Å². The minimum Gasteiger partial charge on any atom is -0.426 e. The predicted octanol–water partition coefficient (Wildman–Crippen LogP) is 4.11. The van der Waals surface area contributed by atoms with Crippen LogP contribution in [0.25, 0.3) is 0 Å². The standard InChI is InChI=1S/C21H23NO3/c1-13-8-9-14(2)20(15(13)3)25-19(23)11-10-17-12-16-6-4-5-7-18(16)22-21(17)24/h4-9,17H,10-12H2,1-3H3,(H,22,24). The molecule has 0 aliphatic carbocycles. The van der Waals surface area contributed by atoms with Gasteiger partial charge in [-0.1, -0.05) is 30.3 Å². The Hall–Kier alpha value is -2.62. The highest BCUT2D eigenvalue weighted by Gasteiger charge is 2.26. The first-order valence-corrected chi connectivity index (χ1v) is 8.62. The van der Waals surface area contributed by atoms with Crippen molar-refractivity contribution in [3.05, 3.63) is 58.7 Å². The van der Waals surface area contributed by atoms with Gasteiger partial charge in [-0.25, -0.2) is 0 Å². The molecule has 0 bridgehead atoms. The molecule has 1 heterocycles. The molecule has 2 aromatic rings. The second-order valence-electron chi connectivity index (χ2n) is 6.71. The fourth-order valence-electron chi connectivity index (χ4n) is 3.19. The third kappa shape index (κ3) is 3.73. The molecule has 0 saturated carbocycles. The van der Waals surface area contributed by atoms with E-state index in [-0.39, 0.29) is 24.2 Å². The Morgan fingerprint density at radius 1 is 1.12 bits per heavy atom. The van der Waals surface area contributed by atoms with Crippen molar-refractivity contribution in [3.63, 3.8) is 0 Å². The highest BCUT2D eigenvalue weighted by Crippen LogP contribution is 2.29. The number of benzene rings is 2. The number of esters is 1. The number of nitrogens with one attached hydrogen (secondary N) is 1. The lowest BCUT2D eigenvalue weighted by Gasteiger charge is -2.24. The largest absolute Gasteiger partial charge is 0.426 e. The third-order valence-corrected chi connectivity index (χ3v) is 4.90. The monoisotopic (exact) mass is 337 g/mol. The maximum absolute atomic E-state index is 12.3. The van der Waals surface area contributed by atoms with Gasteiger partial charge in [0.2, 0.25) is 5.91 Å². The minimum atomic E-state index is -0.288. The topological polar surface area (TPSA) is 55.4 Å². The lowest BCUT2D eigenvalue weighted by atomic mass is 9.90. The number of carbonyl (C=O) groups is 2. The van der Waals surface area contributed by atoms with Crippen LogP contribution in [0, 0.1) is 26.7 Å².